The zero-order chi connectivity index (χ0) is 18.7. The summed E-state index contributed by atoms with van der Waals surface area (Å²) >= 11 is 5.93. The van der Waals surface area contributed by atoms with Gasteiger partial charge in [0.25, 0.3) is 0 Å². The van der Waals surface area contributed by atoms with Crippen LogP contribution >= 0.6 is 11.6 Å². The third-order valence-corrected chi connectivity index (χ3v) is 4.46. The summed E-state index contributed by atoms with van der Waals surface area (Å²) in [6.45, 7) is 4.73. The highest BCUT2D eigenvalue weighted by Gasteiger charge is 2.14. The lowest BCUT2D eigenvalue weighted by Crippen LogP contribution is -2.27. The van der Waals surface area contributed by atoms with Crippen LogP contribution in [0.1, 0.15) is 30.9 Å². The zero-order valence-electron chi connectivity index (χ0n) is 15.2. The summed E-state index contributed by atoms with van der Waals surface area (Å²) in [5.74, 6) is 6.93. The Morgan fingerprint density at radius 2 is 1.88 bits per heavy atom. The molecule has 0 fully saturated rings. The van der Waals surface area contributed by atoms with E-state index in [1.807, 2.05) is 55.7 Å². The fraction of sp³-hybridized carbons (Fsp3) is 0.250. The molecule has 1 heterocycles. The number of hydrogen-bond donors (Lipinski definition) is 1. The van der Waals surface area contributed by atoms with Gasteiger partial charge in [0.05, 0.1) is 11.4 Å². The molecule has 0 saturated carbocycles. The van der Waals surface area contributed by atoms with Crippen LogP contribution in [-0.4, -0.2) is 16.8 Å². The van der Waals surface area contributed by atoms with Crippen molar-refractivity contribution in [3.63, 3.8) is 0 Å². The van der Waals surface area contributed by atoms with E-state index >= 15 is 0 Å². The number of anilines is 1. The molecule has 2 aromatic carbocycles. The first-order chi connectivity index (χ1) is 12.5. The third kappa shape index (κ3) is 4.00. The first kappa shape index (κ1) is 18.3. The number of aromatic nitrogens is 2. The summed E-state index contributed by atoms with van der Waals surface area (Å²) in [4.78, 5) is 0. The SMILES string of the molecule is CC(C)c1cccc(N(C)N)c1COc1ccn(-c2ccc(Cl)cc2)n1. The highest BCUT2D eigenvalue weighted by molar-refractivity contribution is 6.30. The molecular weight excluding hydrogens is 348 g/mol. The van der Waals surface area contributed by atoms with Crippen molar-refractivity contribution in [1.82, 2.24) is 9.78 Å². The molecule has 136 valence electrons. The quantitative estimate of drug-likeness (QED) is 0.511. The minimum absolute atomic E-state index is 0.375. The molecular formula is C20H23ClN4O. The molecule has 5 nitrogen and oxygen atoms in total. The summed E-state index contributed by atoms with van der Waals surface area (Å²) < 4.78 is 7.72. The van der Waals surface area contributed by atoms with Crippen molar-refractivity contribution in [2.24, 2.45) is 5.84 Å². The van der Waals surface area contributed by atoms with Crippen molar-refractivity contribution >= 4 is 17.3 Å². The largest absolute Gasteiger partial charge is 0.472 e. The van der Waals surface area contributed by atoms with Gasteiger partial charge >= 0.3 is 0 Å². The molecule has 0 saturated heterocycles. The van der Waals surface area contributed by atoms with Gasteiger partial charge in [-0.15, -0.1) is 5.10 Å². The van der Waals surface area contributed by atoms with E-state index in [2.05, 4.69) is 25.0 Å². The van der Waals surface area contributed by atoms with E-state index in [4.69, 9.17) is 22.2 Å². The van der Waals surface area contributed by atoms with Crippen LogP contribution < -0.4 is 15.6 Å². The van der Waals surface area contributed by atoms with Gasteiger partial charge in [-0.1, -0.05) is 37.6 Å². The zero-order valence-corrected chi connectivity index (χ0v) is 15.9. The Morgan fingerprint density at radius 1 is 1.15 bits per heavy atom. The van der Waals surface area contributed by atoms with Gasteiger partial charge < -0.3 is 9.75 Å². The molecule has 2 N–H and O–H groups in total. The number of ether oxygens (including phenoxy) is 1. The number of nitrogens with two attached hydrogens (primary N) is 1. The van der Waals surface area contributed by atoms with E-state index in [0.29, 0.717) is 23.4 Å². The molecule has 3 aromatic rings. The Labute approximate surface area is 158 Å². The average Bonchev–Trinajstić information content (AvgIpc) is 3.09. The van der Waals surface area contributed by atoms with Gasteiger partial charge in [0.2, 0.25) is 5.88 Å². The molecule has 0 radical (unpaired) electrons. The molecule has 0 spiro atoms. The van der Waals surface area contributed by atoms with Crippen LogP contribution in [0.3, 0.4) is 0 Å². The van der Waals surface area contributed by atoms with Gasteiger partial charge in [0, 0.05) is 29.9 Å². The molecule has 0 atom stereocenters. The minimum atomic E-state index is 0.375. The summed E-state index contributed by atoms with van der Waals surface area (Å²) in [6.07, 6.45) is 1.86. The predicted molar refractivity (Wildman–Crippen MR) is 106 cm³/mol. The lowest BCUT2D eigenvalue weighted by molar-refractivity contribution is 0.290. The standard InChI is InChI=1S/C20H23ClN4O/c1-14(2)17-5-4-6-19(24(3)22)18(17)13-26-20-11-12-25(23-20)16-9-7-15(21)8-10-16/h4-12,14H,13,22H2,1-3H3. The lowest BCUT2D eigenvalue weighted by atomic mass is 9.96. The van der Waals surface area contributed by atoms with Crippen molar-refractivity contribution in [1.29, 1.82) is 0 Å². The first-order valence-electron chi connectivity index (χ1n) is 8.50. The summed E-state index contributed by atoms with van der Waals surface area (Å²) in [6, 6.07) is 15.5. The second-order valence-corrected chi connectivity index (χ2v) is 6.91. The topological polar surface area (TPSA) is 56.3 Å². The van der Waals surface area contributed by atoms with Gasteiger partial charge in [-0.25, -0.2) is 10.5 Å². The Morgan fingerprint density at radius 3 is 2.54 bits per heavy atom. The number of halogens is 1. The van der Waals surface area contributed by atoms with Crippen LogP contribution in [0.15, 0.2) is 54.7 Å². The highest BCUT2D eigenvalue weighted by atomic mass is 35.5. The van der Waals surface area contributed by atoms with Crippen LogP contribution in [0.4, 0.5) is 5.69 Å². The van der Waals surface area contributed by atoms with Crippen LogP contribution in [-0.2, 0) is 6.61 Å². The molecule has 0 aliphatic heterocycles. The molecule has 3 rings (SSSR count). The van der Waals surface area contributed by atoms with Crippen molar-refractivity contribution in [2.45, 2.75) is 26.4 Å². The number of rotatable bonds is 6. The fourth-order valence-corrected chi connectivity index (χ4v) is 3.01. The van der Waals surface area contributed by atoms with E-state index in [9.17, 15) is 0 Å². The number of hydrogen-bond acceptors (Lipinski definition) is 4. The smallest absolute Gasteiger partial charge is 0.233 e. The number of hydrazine groups is 1. The summed E-state index contributed by atoms with van der Waals surface area (Å²) in [7, 11) is 1.83. The first-order valence-corrected chi connectivity index (χ1v) is 8.88. The minimum Gasteiger partial charge on any atom is -0.472 e. The molecule has 0 amide bonds. The predicted octanol–water partition coefficient (Wildman–Crippen LogP) is 4.54. The normalized spacial score (nSPS) is 11.0. The van der Waals surface area contributed by atoms with Crippen molar-refractivity contribution < 1.29 is 4.74 Å². The van der Waals surface area contributed by atoms with E-state index in [1.165, 1.54) is 5.56 Å². The third-order valence-electron chi connectivity index (χ3n) is 4.21. The molecule has 1 aromatic heterocycles. The van der Waals surface area contributed by atoms with E-state index in [0.717, 1.165) is 16.9 Å². The van der Waals surface area contributed by atoms with E-state index in [-0.39, 0.29) is 0 Å². The second kappa shape index (κ2) is 7.81. The van der Waals surface area contributed by atoms with Crippen LogP contribution in [0.25, 0.3) is 5.69 Å². The van der Waals surface area contributed by atoms with Crippen LogP contribution in [0.2, 0.25) is 5.02 Å². The monoisotopic (exact) mass is 370 g/mol. The maximum atomic E-state index is 5.99. The van der Waals surface area contributed by atoms with Crippen molar-refractivity contribution in [2.75, 3.05) is 12.1 Å². The van der Waals surface area contributed by atoms with Gasteiger partial charge in [-0.05, 0) is 41.8 Å². The summed E-state index contributed by atoms with van der Waals surface area (Å²) in [5, 5.41) is 6.80. The molecule has 6 heteroatoms. The fourth-order valence-electron chi connectivity index (χ4n) is 2.89. The molecule has 0 bridgehead atoms. The molecule has 0 unspecified atom stereocenters. The number of nitrogens with zero attached hydrogens (tertiary/aromatic N) is 3. The van der Waals surface area contributed by atoms with Crippen molar-refractivity contribution in [3.8, 4) is 11.6 Å². The maximum Gasteiger partial charge on any atom is 0.233 e. The molecule has 0 aliphatic rings. The maximum absolute atomic E-state index is 5.99. The summed E-state index contributed by atoms with van der Waals surface area (Å²) in [5.41, 5.74) is 4.17. The van der Waals surface area contributed by atoms with Gasteiger partial charge in [0.1, 0.15) is 6.61 Å². The highest BCUT2D eigenvalue weighted by Crippen LogP contribution is 2.28. The van der Waals surface area contributed by atoms with E-state index in [1.54, 1.807) is 9.69 Å². The van der Waals surface area contributed by atoms with Gasteiger partial charge in [0.15, 0.2) is 0 Å². The Kier molecular flexibility index (Phi) is 5.49. The van der Waals surface area contributed by atoms with Gasteiger partial charge in [-0.2, -0.15) is 0 Å². The molecule has 0 aliphatic carbocycles. The Balaban J connectivity index is 1.80. The average molecular weight is 371 g/mol. The Hall–Kier alpha value is -2.50. The van der Waals surface area contributed by atoms with Crippen LogP contribution in [0.5, 0.6) is 5.88 Å². The van der Waals surface area contributed by atoms with Crippen LogP contribution in [0, 0.1) is 0 Å². The van der Waals surface area contributed by atoms with Crippen molar-refractivity contribution in [3.05, 3.63) is 70.9 Å². The number of benzene rings is 2. The lowest BCUT2D eigenvalue weighted by Gasteiger charge is -2.21. The second-order valence-electron chi connectivity index (χ2n) is 6.47. The molecule has 26 heavy (non-hydrogen) atoms. The van der Waals surface area contributed by atoms with Gasteiger partial charge in [-0.3, -0.25) is 0 Å². The van der Waals surface area contributed by atoms with E-state index < -0.39 is 0 Å². The Bertz CT molecular complexity index is 846.